The molecule has 0 saturated heterocycles. The Morgan fingerprint density at radius 1 is 1.38 bits per heavy atom. The summed E-state index contributed by atoms with van der Waals surface area (Å²) >= 11 is 2.80. The van der Waals surface area contributed by atoms with Gasteiger partial charge in [-0.3, -0.25) is 14.0 Å². The summed E-state index contributed by atoms with van der Waals surface area (Å²) in [5.74, 6) is 0.158. The zero-order chi connectivity index (χ0) is 15.9. The molecular weight excluding hydrogens is 323 g/mol. The van der Waals surface area contributed by atoms with Crippen LogP contribution in [0.3, 0.4) is 0 Å². The number of nitrogens with one attached hydrogen (secondary N) is 1. The fourth-order valence-electron chi connectivity index (χ4n) is 1.49. The molecule has 0 radical (unpaired) electrons. The lowest BCUT2D eigenvalue weighted by atomic mass is 10.4. The van der Waals surface area contributed by atoms with E-state index in [1.165, 1.54) is 27.8 Å². The van der Waals surface area contributed by atoms with E-state index < -0.39 is 6.65 Å². The Hall–Kier alpha value is -0.420. The number of nitrogens with zero attached hydrogens (tertiary/aromatic N) is 1. The fraction of sp³-hybridized carbons (Fsp3) is 0.500. The Labute approximate surface area is 135 Å². The summed E-state index contributed by atoms with van der Waals surface area (Å²) < 4.78 is 14.2. The quantitative estimate of drug-likeness (QED) is 0.567. The van der Waals surface area contributed by atoms with E-state index in [-0.39, 0.29) is 16.9 Å². The molecule has 7 heteroatoms. The molecule has 0 aliphatic carbocycles. The van der Waals surface area contributed by atoms with Gasteiger partial charge >= 0.3 is 0 Å². The van der Waals surface area contributed by atoms with Crippen LogP contribution in [0.4, 0.5) is 0 Å². The summed E-state index contributed by atoms with van der Waals surface area (Å²) in [6, 6.07) is 9.74. The second kappa shape index (κ2) is 8.89. The van der Waals surface area contributed by atoms with Crippen LogP contribution in [0.15, 0.2) is 35.2 Å². The Morgan fingerprint density at radius 3 is 2.52 bits per heavy atom. The number of hydrogen-bond acceptors (Lipinski definition) is 4. The molecule has 1 N–H and O–H groups in total. The van der Waals surface area contributed by atoms with Crippen molar-refractivity contribution in [2.75, 3.05) is 19.8 Å². The average molecular weight is 346 g/mol. The van der Waals surface area contributed by atoms with Crippen molar-refractivity contribution < 1.29 is 9.36 Å². The summed E-state index contributed by atoms with van der Waals surface area (Å²) in [5.41, 5.74) is 0. The van der Waals surface area contributed by atoms with Gasteiger partial charge in [0.15, 0.2) is 0 Å². The molecule has 0 fully saturated rings. The minimum atomic E-state index is -2.90. The van der Waals surface area contributed by atoms with Crippen LogP contribution in [0.5, 0.6) is 0 Å². The first-order valence-corrected chi connectivity index (χ1v) is 11.0. The highest BCUT2D eigenvalue weighted by Gasteiger charge is 2.32. The molecule has 0 aliphatic rings. The Morgan fingerprint density at radius 2 is 2.00 bits per heavy atom. The lowest BCUT2D eigenvalue weighted by molar-refractivity contribution is -0.123. The molecule has 0 bridgehead atoms. The van der Waals surface area contributed by atoms with Gasteiger partial charge < -0.3 is 0 Å². The van der Waals surface area contributed by atoms with Gasteiger partial charge in [-0.15, -0.1) is 11.8 Å². The summed E-state index contributed by atoms with van der Waals surface area (Å²) in [5, 5.41) is 3.07. The zero-order valence-electron chi connectivity index (χ0n) is 12.9. The minimum Gasteiger partial charge on any atom is -0.276 e. The maximum atomic E-state index is 12.9. The number of hydrogen-bond donors (Lipinski definition) is 1. The van der Waals surface area contributed by atoms with Gasteiger partial charge in [-0.2, -0.15) is 0 Å². The van der Waals surface area contributed by atoms with Crippen LogP contribution in [-0.2, 0) is 9.36 Å². The van der Waals surface area contributed by atoms with Crippen molar-refractivity contribution >= 4 is 35.7 Å². The third kappa shape index (κ3) is 5.70. The topological polar surface area (TPSA) is 49.4 Å². The molecule has 2 atom stereocenters. The molecule has 4 nitrogen and oxygen atoms in total. The summed E-state index contributed by atoms with van der Waals surface area (Å²) in [6.07, 6.45) is 0.914. The molecule has 0 aromatic heterocycles. The Balaban J connectivity index is 2.64. The van der Waals surface area contributed by atoms with Crippen molar-refractivity contribution in [2.24, 2.45) is 0 Å². The van der Waals surface area contributed by atoms with Crippen LogP contribution in [0.2, 0.25) is 0 Å². The monoisotopic (exact) mass is 346 g/mol. The molecule has 1 amide bonds. The van der Waals surface area contributed by atoms with E-state index >= 15 is 0 Å². The van der Waals surface area contributed by atoms with Gasteiger partial charge in [-0.05, 0) is 25.6 Å². The lowest BCUT2D eigenvalue weighted by Gasteiger charge is -2.28. The van der Waals surface area contributed by atoms with Crippen molar-refractivity contribution in [3.05, 3.63) is 30.3 Å². The zero-order valence-corrected chi connectivity index (χ0v) is 15.4. The van der Waals surface area contributed by atoms with Crippen molar-refractivity contribution in [2.45, 2.75) is 30.4 Å². The molecule has 0 spiro atoms. The number of rotatable bonds is 8. The molecule has 1 aromatic carbocycles. The van der Waals surface area contributed by atoms with Gasteiger partial charge in [0, 0.05) is 17.2 Å². The third-order valence-corrected chi connectivity index (χ3v) is 9.82. The number of carbonyl (C=O) groups is 1. The maximum absolute atomic E-state index is 12.9. The molecule has 0 heterocycles. The fourth-order valence-corrected chi connectivity index (χ4v) is 6.90. The largest absolute Gasteiger partial charge is 0.294 e. The van der Waals surface area contributed by atoms with E-state index in [4.69, 9.17) is 0 Å². The maximum Gasteiger partial charge on any atom is 0.294 e. The van der Waals surface area contributed by atoms with E-state index in [0.717, 1.165) is 11.3 Å². The van der Waals surface area contributed by atoms with E-state index in [2.05, 4.69) is 5.09 Å². The average Bonchev–Trinajstić information content (AvgIpc) is 2.52. The van der Waals surface area contributed by atoms with Crippen LogP contribution < -0.4 is 5.09 Å². The van der Waals surface area contributed by atoms with E-state index in [1.807, 2.05) is 44.2 Å². The van der Waals surface area contributed by atoms with E-state index in [0.29, 0.717) is 0 Å². The van der Waals surface area contributed by atoms with Crippen LogP contribution in [0, 0.1) is 0 Å². The molecule has 21 heavy (non-hydrogen) atoms. The van der Waals surface area contributed by atoms with Gasteiger partial charge in [-0.1, -0.05) is 43.4 Å². The second-order valence-corrected chi connectivity index (χ2v) is 10.9. The first-order chi connectivity index (χ1) is 9.92. The van der Waals surface area contributed by atoms with Crippen molar-refractivity contribution in [1.82, 2.24) is 9.76 Å². The van der Waals surface area contributed by atoms with Crippen molar-refractivity contribution in [3.63, 3.8) is 0 Å². The number of thioether (sulfide) groups is 1. The predicted octanol–water partition coefficient (Wildman–Crippen LogP) is 4.10. The lowest BCUT2D eigenvalue weighted by Crippen LogP contribution is -2.29. The third-order valence-electron chi connectivity index (χ3n) is 3.04. The number of amides is 1. The highest BCUT2D eigenvalue weighted by atomic mass is 32.7. The molecule has 118 valence electrons. The summed E-state index contributed by atoms with van der Waals surface area (Å²) in [4.78, 5) is 13.3. The molecule has 0 saturated carbocycles. The van der Waals surface area contributed by atoms with Crippen LogP contribution >= 0.6 is 29.8 Å². The first kappa shape index (κ1) is 18.6. The van der Waals surface area contributed by atoms with Gasteiger partial charge in [0.2, 0.25) is 5.91 Å². The standard InChI is InChI=1S/C14H23N2O2PS2/c1-5-12(2)21-19(18,15-3)16(4)14(17)11-20-13-9-7-6-8-10-13/h6-10,12H,5,11H2,1-4H3,(H,15,18). The molecule has 2 unspecified atom stereocenters. The summed E-state index contributed by atoms with van der Waals surface area (Å²) in [6.45, 7) is 1.16. The first-order valence-electron chi connectivity index (χ1n) is 6.85. The number of carbonyl (C=O) groups excluding carboxylic acids is 1. The van der Waals surface area contributed by atoms with Crippen LogP contribution in [-0.4, -0.2) is 35.7 Å². The number of benzene rings is 1. The van der Waals surface area contributed by atoms with E-state index in [1.54, 1.807) is 14.1 Å². The van der Waals surface area contributed by atoms with Crippen LogP contribution in [0.1, 0.15) is 20.3 Å². The van der Waals surface area contributed by atoms with Gasteiger partial charge in [0.05, 0.1) is 5.75 Å². The smallest absolute Gasteiger partial charge is 0.276 e. The SMILES string of the molecule is CCC(C)SP(=O)(NC)N(C)C(=O)CSc1ccccc1. The van der Waals surface area contributed by atoms with Gasteiger partial charge in [-0.25, -0.2) is 5.09 Å². The Kier molecular flexibility index (Phi) is 7.88. The Bertz CT molecular complexity index is 499. The van der Waals surface area contributed by atoms with Crippen molar-refractivity contribution in [3.8, 4) is 0 Å². The van der Waals surface area contributed by atoms with Gasteiger partial charge in [0.25, 0.3) is 6.65 Å². The highest BCUT2D eigenvalue weighted by Crippen LogP contribution is 2.59. The summed E-state index contributed by atoms with van der Waals surface area (Å²) in [7, 11) is 3.25. The molecule has 1 rings (SSSR count). The predicted molar refractivity (Wildman–Crippen MR) is 93.9 cm³/mol. The normalized spacial score (nSPS) is 15.2. The molecular formula is C14H23N2O2PS2. The van der Waals surface area contributed by atoms with E-state index in [9.17, 15) is 9.36 Å². The second-order valence-electron chi connectivity index (χ2n) is 4.59. The molecule has 1 aromatic rings. The highest BCUT2D eigenvalue weighted by molar-refractivity contribution is 8.57. The molecule has 0 aliphatic heterocycles. The van der Waals surface area contributed by atoms with Crippen molar-refractivity contribution in [1.29, 1.82) is 0 Å². The van der Waals surface area contributed by atoms with Crippen LogP contribution in [0.25, 0.3) is 0 Å². The van der Waals surface area contributed by atoms with Gasteiger partial charge in [0.1, 0.15) is 0 Å². The minimum absolute atomic E-state index is 0.127.